The van der Waals surface area contributed by atoms with Gasteiger partial charge in [0.25, 0.3) is 11.8 Å². The van der Waals surface area contributed by atoms with Crippen LogP contribution in [-0.4, -0.2) is 45.2 Å². The van der Waals surface area contributed by atoms with Crippen molar-refractivity contribution in [2.75, 3.05) is 6.54 Å². The second kappa shape index (κ2) is 10.3. The smallest absolute Gasteiger partial charge is 0.255 e. The van der Waals surface area contributed by atoms with Crippen molar-refractivity contribution in [1.82, 2.24) is 20.2 Å². The Balaban J connectivity index is 1.45. The molecule has 1 saturated heterocycles. The molecule has 4 N–H and O–H groups in total. The summed E-state index contributed by atoms with van der Waals surface area (Å²) in [5, 5.41) is 3.67. The molecular formula is C25H27Cl2N5O3. The van der Waals surface area contributed by atoms with Crippen LogP contribution in [0.5, 0.6) is 0 Å². The molecule has 3 aromatic rings. The molecule has 4 rings (SSSR count). The Morgan fingerprint density at radius 1 is 1.20 bits per heavy atom. The predicted molar refractivity (Wildman–Crippen MR) is 135 cm³/mol. The molecule has 1 aliphatic rings. The van der Waals surface area contributed by atoms with E-state index in [1.807, 2.05) is 13.0 Å². The van der Waals surface area contributed by atoms with Crippen molar-refractivity contribution in [2.24, 2.45) is 11.7 Å². The van der Waals surface area contributed by atoms with Crippen molar-refractivity contribution in [1.29, 1.82) is 0 Å². The molecule has 0 saturated carbocycles. The van der Waals surface area contributed by atoms with E-state index >= 15 is 0 Å². The molecule has 0 bridgehead atoms. The fraction of sp³-hybridized carbons (Fsp3) is 0.360. The van der Waals surface area contributed by atoms with Gasteiger partial charge < -0.3 is 20.9 Å². The number of aromatic nitrogens is 2. The van der Waals surface area contributed by atoms with Crippen molar-refractivity contribution in [2.45, 2.75) is 45.2 Å². The lowest BCUT2D eigenvalue weighted by Gasteiger charge is -2.26. The summed E-state index contributed by atoms with van der Waals surface area (Å²) in [6, 6.07) is 9.53. The first-order valence-corrected chi connectivity index (χ1v) is 12.3. The number of nitrogens with zero attached hydrogens (tertiary/aromatic N) is 2. The van der Waals surface area contributed by atoms with Crippen molar-refractivity contribution < 1.29 is 14.4 Å². The number of benzene rings is 2. The molecule has 1 aromatic heterocycles. The number of hydrogen-bond acceptors (Lipinski definition) is 4. The summed E-state index contributed by atoms with van der Waals surface area (Å²) in [4.78, 5) is 46.9. The SMILES string of the molecule is CC(C[C@@H]1CCCN1C(=O)c1ccc(C(=O)N[C@@H](C)c2nc3cc(Cl)ccc3[nH]2)cc1Cl)C(N)=O. The van der Waals surface area contributed by atoms with Gasteiger partial charge in [-0.15, -0.1) is 0 Å². The summed E-state index contributed by atoms with van der Waals surface area (Å²) in [6.07, 6.45) is 2.18. The van der Waals surface area contributed by atoms with Crippen LogP contribution < -0.4 is 11.1 Å². The topological polar surface area (TPSA) is 121 Å². The molecule has 184 valence electrons. The number of likely N-dealkylation sites (tertiary alicyclic amines) is 1. The van der Waals surface area contributed by atoms with Crippen LogP contribution in [0.2, 0.25) is 10.0 Å². The number of aromatic amines is 1. The normalized spacial score (nSPS) is 17.4. The molecule has 1 unspecified atom stereocenters. The van der Waals surface area contributed by atoms with Gasteiger partial charge in [-0.3, -0.25) is 14.4 Å². The van der Waals surface area contributed by atoms with E-state index in [2.05, 4.69) is 15.3 Å². The van der Waals surface area contributed by atoms with E-state index in [0.29, 0.717) is 40.5 Å². The molecule has 10 heteroatoms. The van der Waals surface area contributed by atoms with Crippen LogP contribution in [0.3, 0.4) is 0 Å². The quantitative estimate of drug-likeness (QED) is 0.429. The summed E-state index contributed by atoms with van der Waals surface area (Å²) in [5.74, 6) is -0.653. The lowest BCUT2D eigenvalue weighted by atomic mass is 9.99. The van der Waals surface area contributed by atoms with Gasteiger partial charge in [0.15, 0.2) is 0 Å². The maximum Gasteiger partial charge on any atom is 0.255 e. The zero-order chi connectivity index (χ0) is 25.3. The number of carbonyl (C=O) groups excluding carboxylic acids is 3. The van der Waals surface area contributed by atoms with Crippen LogP contribution >= 0.6 is 23.2 Å². The Morgan fingerprint density at radius 2 is 1.97 bits per heavy atom. The lowest BCUT2D eigenvalue weighted by Crippen LogP contribution is -2.38. The van der Waals surface area contributed by atoms with Crippen molar-refractivity contribution in [3.63, 3.8) is 0 Å². The second-order valence-electron chi connectivity index (χ2n) is 9.01. The Kier molecular flexibility index (Phi) is 7.33. The molecular weight excluding hydrogens is 489 g/mol. The summed E-state index contributed by atoms with van der Waals surface area (Å²) in [5.41, 5.74) is 7.59. The maximum absolute atomic E-state index is 13.2. The van der Waals surface area contributed by atoms with Crippen molar-refractivity contribution in [3.05, 3.63) is 63.4 Å². The highest BCUT2D eigenvalue weighted by atomic mass is 35.5. The average Bonchev–Trinajstić information content (AvgIpc) is 3.45. The third-order valence-corrected chi connectivity index (χ3v) is 6.98. The van der Waals surface area contributed by atoms with Gasteiger partial charge in [0.2, 0.25) is 5.91 Å². The number of nitrogens with two attached hydrogens (primary N) is 1. The molecule has 0 aliphatic carbocycles. The first kappa shape index (κ1) is 25.0. The van der Waals surface area contributed by atoms with E-state index in [9.17, 15) is 14.4 Å². The average molecular weight is 516 g/mol. The number of carbonyl (C=O) groups is 3. The lowest BCUT2D eigenvalue weighted by molar-refractivity contribution is -0.121. The number of H-pyrrole nitrogens is 1. The van der Waals surface area contributed by atoms with Gasteiger partial charge in [0.05, 0.1) is 27.7 Å². The third-order valence-electron chi connectivity index (χ3n) is 6.43. The monoisotopic (exact) mass is 515 g/mol. The van der Waals surface area contributed by atoms with Crippen LogP contribution in [0.15, 0.2) is 36.4 Å². The third kappa shape index (κ3) is 5.44. The van der Waals surface area contributed by atoms with Gasteiger partial charge in [0.1, 0.15) is 5.82 Å². The number of nitrogens with one attached hydrogen (secondary N) is 2. The summed E-state index contributed by atoms with van der Waals surface area (Å²) < 4.78 is 0. The number of primary amides is 1. The van der Waals surface area contributed by atoms with Gasteiger partial charge in [-0.05, 0) is 62.6 Å². The summed E-state index contributed by atoms with van der Waals surface area (Å²) in [7, 11) is 0. The van der Waals surface area contributed by atoms with Crippen molar-refractivity contribution in [3.8, 4) is 0 Å². The molecule has 35 heavy (non-hydrogen) atoms. The van der Waals surface area contributed by atoms with Crippen LogP contribution in [0.4, 0.5) is 0 Å². The number of amides is 3. The summed E-state index contributed by atoms with van der Waals surface area (Å²) in [6.45, 7) is 4.18. The predicted octanol–water partition coefficient (Wildman–Crippen LogP) is 4.48. The van der Waals surface area contributed by atoms with E-state index < -0.39 is 6.04 Å². The van der Waals surface area contributed by atoms with E-state index in [-0.39, 0.29) is 34.7 Å². The Morgan fingerprint density at radius 3 is 2.69 bits per heavy atom. The number of halogens is 2. The van der Waals surface area contributed by atoms with Crippen LogP contribution in [-0.2, 0) is 4.79 Å². The van der Waals surface area contributed by atoms with E-state index in [0.717, 1.165) is 18.4 Å². The second-order valence-corrected chi connectivity index (χ2v) is 9.85. The minimum absolute atomic E-state index is 0.0661. The van der Waals surface area contributed by atoms with E-state index in [1.165, 1.54) is 6.07 Å². The van der Waals surface area contributed by atoms with Crippen LogP contribution in [0, 0.1) is 5.92 Å². The first-order chi connectivity index (χ1) is 16.6. The molecule has 8 nitrogen and oxygen atoms in total. The fourth-order valence-electron chi connectivity index (χ4n) is 4.41. The maximum atomic E-state index is 13.2. The fourth-order valence-corrected chi connectivity index (χ4v) is 4.84. The van der Waals surface area contributed by atoms with E-state index in [1.54, 1.807) is 36.1 Å². The molecule has 1 fully saturated rings. The number of hydrogen-bond donors (Lipinski definition) is 3. The number of fused-ring (bicyclic) bond motifs is 1. The largest absolute Gasteiger partial charge is 0.369 e. The Labute approximate surface area is 213 Å². The summed E-state index contributed by atoms with van der Waals surface area (Å²) >= 11 is 12.5. The van der Waals surface area contributed by atoms with Gasteiger partial charge in [-0.25, -0.2) is 4.98 Å². The highest BCUT2D eigenvalue weighted by Gasteiger charge is 2.32. The Bertz CT molecular complexity index is 1290. The molecule has 1 aliphatic heterocycles. The van der Waals surface area contributed by atoms with Gasteiger partial charge in [-0.2, -0.15) is 0 Å². The minimum atomic E-state index is -0.397. The van der Waals surface area contributed by atoms with Gasteiger partial charge in [0, 0.05) is 29.1 Å². The van der Waals surface area contributed by atoms with Gasteiger partial charge in [-0.1, -0.05) is 30.1 Å². The molecule has 0 spiro atoms. The molecule has 0 radical (unpaired) electrons. The van der Waals surface area contributed by atoms with Gasteiger partial charge >= 0.3 is 0 Å². The standard InChI is InChI=1S/C25H27Cl2N5O3/c1-13(22(28)33)10-17-4-3-9-32(17)25(35)18-7-5-15(11-19(18)27)24(34)29-14(2)23-30-20-8-6-16(26)12-21(20)31-23/h5-8,11-14,17H,3-4,9-10H2,1-2H3,(H2,28,33)(H,29,34)(H,30,31)/t13?,14-,17-/m0/s1. The first-order valence-electron chi connectivity index (χ1n) is 11.5. The molecule has 2 aromatic carbocycles. The molecule has 3 amide bonds. The zero-order valence-corrected chi connectivity index (χ0v) is 21.0. The minimum Gasteiger partial charge on any atom is -0.369 e. The van der Waals surface area contributed by atoms with Crippen LogP contribution in [0.1, 0.15) is 65.7 Å². The molecule has 2 heterocycles. The Hall–Kier alpha value is -3.10. The number of imidazole rings is 1. The highest BCUT2D eigenvalue weighted by Crippen LogP contribution is 2.28. The molecule has 3 atom stereocenters. The van der Waals surface area contributed by atoms with Crippen molar-refractivity contribution >= 4 is 52.0 Å². The number of rotatable bonds is 7. The van der Waals surface area contributed by atoms with E-state index in [4.69, 9.17) is 28.9 Å². The zero-order valence-electron chi connectivity index (χ0n) is 19.5. The highest BCUT2D eigenvalue weighted by molar-refractivity contribution is 6.34. The van der Waals surface area contributed by atoms with Crippen LogP contribution in [0.25, 0.3) is 11.0 Å².